The van der Waals surface area contributed by atoms with E-state index in [0.29, 0.717) is 25.2 Å². The maximum absolute atomic E-state index is 13.9. The number of amides is 1. The number of likely N-dealkylation sites (tertiary alicyclic amines) is 2. The normalized spacial score (nSPS) is 23.9. The van der Waals surface area contributed by atoms with E-state index in [1.807, 2.05) is 4.90 Å². The van der Waals surface area contributed by atoms with Crippen LogP contribution in [0.4, 0.5) is 17.6 Å². The van der Waals surface area contributed by atoms with E-state index in [0.717, 1.165) is 6.07 Å². The molecule has 8 heteroatoms. The van der Waals surface area contributed by atoms with Crippen LogP contribution in [0.15, 0.2) is 48.5 Å². The van der Waals surface area contributed by atoms with Crippen molar-refractivity contribution in [2.24, 2.45) is 11.8 Å². The first-order chi connectivity index (χ1) is 14.8. The van der Waals surface area contributed by atoms with Crippen LogP contribution in [0, 0.1) is 17.7 Å². The van der Waals surface area contributed by atoms with Crippen molar-refractivity contribution >= 4 is 5.91 Å². The maximum Gasteiger partial charge on any atom is 0.416 e. The number of carbonyl (C=O) groups excluding carboxylic acids is 1. The average Bonchev–Trinajstić information content (AvgIpc) is 3.25. The zero-order valence-corrected chi connectivity index (χ0v) is 17.1. The number of ether oxygens (including phenoxy) is 1. The fourth-order valence-corrected chi connectivity index (χ4v) is 5.02. The molecule has 2 saturated heterocycles. The van der Waals surface area contributed by atoms with Crippen molar-refractivity contribution in [2.45, 2.75) is 18.8 Å². The number of halogens is 4. The van der Waals surface area contributed by atoms with Crippen molar-refractivity contribution in [3.63, 3.8) is 0 Å². The summed E-state index contributed by atoms with van der Waals surface area (Å²) >= 11 is 0. The summed E-state index contributed by atoms with van der Waals surface area (Å²) < 4.78 is 59.1. The summed E-state index contributed by atoms with van der Waals surface area (Å²) in [6, 6.07) is 11.5. The summed E-state index contributed by atoms with van der Waals surface area (Å²) in [5, 5.41) is 0. The van der Waals surface area contributed by atoms with Gasteiger partial charge in [-0.15, -0.1) is 0 Å². The number of alkyl halides is 3. The molecule has 0 bridgehead atoms. The van der Waals surface area contributed by atoms with E-state index in [4.69, 9.17) is 4.74 Å². The van der Waals surface area contributed by atoms with Gasteiger partial charge in [-0.25, -0.2) is 4.39 Å². The van der Waals surface area contributed by atoms with Crippen LogP contribution in [0.1, 0.15) is 22.7 Å². The zero-order valence-electron chi connectivity index (χ0n) is 17.1. The highest BCUT2D eigenvalue weighted by Crippen LogP contribution is 2.45. The van der Waals surface area contributed by atoms with E-state index in [1.54, 1.807) is 23.1 Å². The second kappa shape index (κ2) is 8.59. The number of nitrogens with zero attached hydrogens (tertiary/aromatic N) is 2. The molecule has 2 aliphatic rings. The van der Waals surface area contributed by atoms with Crippen molar-refractivity contribution in [1.29, 1.82) is 0 Å². The predicted molar refractivity (Wildman–Crippen MR) is 106 cm³/mol. The molecule has 31 heavy (non-hydrogen) atoms. The van der Waals surface area contributed by atoms with E-state index in [2.05, 4.69) is 0 Å². The summed E-state index contributed by atoms with van der Waals surface area (Å²) in [5.41, 5.74) is 0.324. The SMILES string of the molecule is COCC(=O)N1C[C@H]2CN(Cc3ccccc3C(F)(F)F)C[C@H]2[C@@H]1c1cccc(F)c1. The Labute approximate surface area is 178 Å². The number of hydrogen-bond acceptors (Lipinski definition) is 3. The molecule has 166 valence electrons. The summed E-state index contributed by atoms with van der Waals surface area (Å²) in [5.74, 6) is -0.429. The van der Waals surface area contributed by atoms with E-state index >= 15 is 0 Å². The number of benzene rings is 2. The van der Waals surface area contributed by atoms with Gasteiger partial charge in [0.05, 0.1) is 11.6 Å². The quantitative estimate of drug-likeness (QED) is 0.661. The smallest absolute Gasteiger partial charge is 0.375 e. The lowest BCUT2D eigenvalue weighted by Crippen LogP contribution is -2.37. The van der Waals surface area contributed by atoms with Crippen molar-refractivity contribution in [2.75, 3.05) is 33.4 Å². The lowest BCUT2D eigenvalue weighted by Gasteiger charge is -2.30. The van der Waals surface area contributed by atoms with Gasteiger partial charge in [0.1, 0.15) is 12.4 Å². The maximum atomic E-state index is 13.9. The van der Waals surface area contributed by atoms with E-state index in [-0.39, 0.29) is 48.3 Å². The van der Waals surface area contributed by atoms with Gasteiger partial charge in [0.25, 0.3) is 0 Å². The third kappa shape index (κ3) is 4.45. The van der Waals surface area contributed by atoms with Crippen LogP contribution in [0.5, 0.6) is 0 Å². The molecule has 0 aliphatic carbocycles. The molecular weight excluding hydrogens is 412 g/mol. The van der Waals surface area contributed by atoms with Crippen LogP contribution in [-0.2, 0) is 22.3 Å². The Bertz CT molecular complexity index is 949. The highest BCUT2D eigenvalue weighted by Gasteiger charge is 2.49. The van der Waals surface area contributed by atoms with Crippen molar-refractivity contribution in [3.8, 4) is 0 Å². The Balaban J connectivity index is 1.57. The molecular formula is C23H24F4N2O2. The average molecular weight is 436 g/mol. The van der Waals surface area contributed by atoms with Gasteiger partial charge in [0.2, 0.25) is 5.91 Å². The largest absolute Gasteiger partial charge is 0.416 e. The summed E-state index contributed by atoms with van der Waals surface area (Å²) in [4.78, 5) is 16.4. The lowest BCUT2D eigenvalue weighted by atomic mass is 9.89. The monoisotopic (exact) mass is 436 g/mol. The first kappa shape index (κ1) is 21.8. The molecule has 0 unspecified atom stereocenters. The van der Waals surface area contributed by atoms with Gasteiger partial charge in [-0.2, -0.15) is 13.2 Å². The van der Waals surface area contributed by atoms with Crippen LogP contribution in [0.25, 0.3) is 0 Å². The highest BCUT2D eigenvalue weighted by molar-refractivity contribution is 5.78. The molecule has 4 nitrogen and oxygen atoms in total. The van der Waals surface area contributed by atoms with Gasteiger partial charge in [-0.3, -0.25) is 9.69 Å². The van der Waals surface area contributed by atoms with Gasteiger partial charge in [0.15, 0.2) is 0 Å². The Kier molecular flexibility index (Phi) is 6.03. The van der Waals surface area contributed by atoms with Crippen LogP contribution in [0.2, 0.25) is 0 Å². The third-order valence-electron chi connectivity index (χ3n) is 6.23. The van der Waals surface area contributed by atoms with Crippen LogP contribution in [0.3, 0.4) is 0 Å². The Hall–Kier alpha value is -2.45. The minimum Gasteiger partial charge on any atom is -0.375 e. The standard InChI is InChI=1S/C23H24F4N2O2/c1-31-14-21(30)29-12-17-11-28(10-16-5-2-3-8-20(16)23(25,26)27)13-19(17)22(29)15-6-4-7-18(24)9-15/h2-9,17,19,22H,10-14H2,1H3/t17-,19-,22+/m1/s1. The summed E-state index contributed by atoms with van der Waals surface area (Å²) in [7, 11) is 1.45. The molecule has 2 aromatic rings. The fraction of sp³-hybridized carbons (Fsp3) is 0.435. The molecule has 0 saturated carbocycles. The topological polar surface area (TPSA) is 32.8 Å². The Morgan fingerprint density at radius 3 is 2.58 bits per heavy atom. The van der Waals surface area contributed by atoms with Gasteiger partial charge in [0, 0.05) is 39.2 Å². The molecule has 2 aromatic carbocycles. The first-order valence-electron chi connectivity index (χ1n) is 10.2. The van der Waals surface area contributed by atoms with Gasteiger partial charge in [-0.1, -0.05) is 30.3 Å². The molecule has 0 spiro atoms. The van der Waals surface area contributed by atoms with Crippen LogP contribution >= 0.6 is 0 Å². The fourth-order valence-electron chi connectivity index (χ4n) is 5.02. The number of carbonyl (C=O) groups is 1. The second-order valence-corrected chi connectivity index (χ2v) is 8.25. The summed E-state index contributed by atoms with van der Waals surface area (Å²) in [6.45, 7) is 1.72. The second-order valence-electron chi connectivity index (χ2n) is 8.25. The molecule has 1 amide bonds. The number of rotatable bonds is 5. The molecule has 0 N–H and O–H groups in total. The predicted octanol–water partition coefficient (Wildman–Crippen LogP) is 4.12. The van der Waals surface area contributed by atoms with E-state index in [1.165, 1.54) is 31.4 Å². The Morgan fingerprint density at radius 2 is 1.87 bits per heavy atom. The molecule has 2 aliphatic heterocycles. The number of fused-ring (bicyclic) bond motifs is 1. The Morgan fingerprint density at radius 1 is 1.10 bits per heavy atom. The molecule has 0 aromatic heterocycles. The van der Waals surface area contributed by atoms with Gasteiger partial charge >= 0.3 is 6.18 Å². The first-order valence-corrected chi connectivity index (χ1v) is 10.2. The zero-order chi connectivity index (χ0) is 22.2. The van der Waals surface area contributed by atoms with Crippen molar-refractivity contribution in [3.05, 3.63) is 71.0 Å². The molecule has 3 atom stereocenters. The number of hydrogen-bond donors (Lipinski definition) is 0. The highest BCUT2D eigenvalue weighted by atomic mass is 19.4. The summed E-state index contributed by atoms with van der Waals surface area (Å²) in [6.07, 6.45) is -4.40. The third-order valence-corrected chi connectivity index (χ3v) is 6.23. The number of methoxy groups -OCH3 is 1. The lowest BCUT2D eigenvalue weighted by molar-refractivity contribution is -0.139. The molecule has 2 fully saturated rings. The molecule has 4 rings (SSSR count). The van der Waals surface area contributed by atoms with E-state index in [9.17, 15) is 22.4 Å². The minimum absolute atomic E-state index is 0.0145. The molecule has 2 heterocycles. The van der Waals surface area contributed by atoms with Gasteiger partial charge in [-0.05, 0) is 35.2 Å². The van der Waals surface area contributed by atoms with Gasteiger partial charge < -0.3 is 9.64 Å². The van der Waals surface area contributed by atoms with Crippen LogP contribution < -0.4 is 0 Å². The van der Waals surface area contributed by atoms with Crippen LogP contribution in [-0.4, -0.2) is 49.1 Å². The minimum atomic E-state index is -4.40. The van der Waals surface area contributed by atoms with E-state index < -0.39 is 11.7 Å². The van der Waals surface area contributed by atoms with Crippen molar-refractivity contribution in [1.82, 2.24) is 9.80 Å². The van der Waals surface area contributed by atoms with Crippen molar-refractivity contribution < 1.29 is 27.1 Å². The molecule has 0 radical (unpaired) electrons.